The smallest absolute Gasteiger partial charge is 0.266 e. The van der Waals surface area contributed by atoms with Crippen molar-refractivity contribution in [1.29, 1.82) is 0 Å². The minimum atomic E-state index is -0.165. The molecule has 7 nitrogen and oxygen atoms in total. The number of ether oxygens (including phenoxy) is 2. The number of aromatic nitrogens is 2. The number of carbonyl (C=O) groups excluding carboxylic acids is 1. The molecule has 2 aromatic heterocycles. The lowest BCUT2D eigenvalue weighted by Gasteiger charge is -2.12. The summed E-state index contributed by atoms with van der Waals surface area (Å²) in [6.07, 6.45) is 5.32. The van der Waals surface area contributed by atoms with Crippen LogP contribution < -0.4 is 9.47 Å². The monoisotopic (exact) mass is 503 g/mol. The van der Waals surface area contributed by atoms with Crippen LogP contribution in [0.15, 0.2) is 82.4 Å². The summed E-state index contributed by atoms with van der Waals surface area (Å²) in [6.45, 7) is 0.292. The number of hydrogen-bond donors (Lipinski definition) is 0. The van der Waals surface area contributed by atoms with E-state index >= 15 is 0 Å². The zero-order chi connectivity index (χ0) is 24.4. The van der Waals surface area contributed by atoms with Gasteiger partial charge in [0.25, 0.3) is 5.91 Å². The normalized spacial score (nSPS) is 14.7. The number of furan rings is 1. The average Bonchev–Trinajstić information content (AvgIpc) is 3.62. The Morgan fingerprint density at radius 3 is 2.57 bits per heavy atom. The van der Waals surface area contributed by atoms with Gasteiger partial charge in [-0.1, -0.05) is 42.2 Å². The summed E-state index contributed by atoms with van der Waals surface area (Å²) in [7, 11) is 3.19. The molecule has 1 saturated heterocycles. The summed E-state index contributed by atoms with van der Waals surface area (Å²) in [4.78, 5) is 15.3. The van der Waals surface area contributed by atoms with Crippen LogP contribution >= 0.6 is 24.0 Å². The lowest BCUT2D eigenvalue weighted by atomic mass is 10.1. The average molecular weight is 504 g/mol. The van der Waals surface area contributed by atoms with E-state index in [0.29, 0.717) is 38.7 Å². The lowest BCUT2D eigenvalue weighted by Crippen LogP contribution is -2.27. The number of para-hydroxylation sites is 1. The highest BCUT2D eigenvalue weighted by molar-refractivity contribution is 8.26. The fourth-order valence-electron chi connectivity index (χ4n) is 3.75. The summed E-state index contributed by atoms with van der Waals surface area (Å²) >= 11 is 6.75. The second kappa shape index (κ2) is 9.81. The number of amides is 1. The molecular weight excluding hydrogens is 482 g/mol. The van der Waals surface area contributed by atoms with Crippen LogP contribution in [-0.2, 0) is 11.3 Å². The Morgan fingerprint density at radius 1 is 1.06 bits per heavy atom. The summed E-state index contributed by atoms with van der Waals surface area (Å²) < 4.78 is 18.6. The van der Waals surface area contributed by atoms with E-state index in [4.69, 9.17) is 31.2 Å². The molecule has 0 bridgehead atoms. The summed E-state index contributed by atoms with van der Waals surface area (Å²) in [6, 6.07) is 19.0. The molecule has 0 aliphatic carbocycles. The van der Waals surface area contributed by atoms with Crippen molar-refractivity contribution in [3.8, 4) is 28.4 Å². The van der Waals surface area contributed by atoms with Crippen molar-refractivity contribution >= 4 is 40.3 Å². The van der Waals surface area contributed by atoms with Crippen LogP contribution in [0.25, 0.3) is 23.0 Å². The Bertz CT molecular complexity index is 1410. The Morgan fingerprint density at radius 2 is 1.86 bits per heavy atom. The predicted molar refractivity (Wildman–Crippen MR) is 140 cm³/mol. The van der Waals surface area contributed by atoms with Crippen molar-refractivity contribution in [2.45, 2.75) is 6.54 Å². The molecular formula is C26H21N3O4S2. The second-order valence-corrected chi connectivity index (χ2v) is 9.31. The number of hydrogen-bond acceptors (Lipinski definition) is 7. The Kier molecular flexibility index (Phi) is 6.43. The summed E-state index contributed by atoms with van der Waals surface area (Å²) in [5.41, 5.74) is 3.21. The zero-order valence-corrected chi connectivity index (χ0v) is 20.6. The second-order valence-electron chi connectivity index (χ2n) is 7.63. The number of carbonyl (C=O) groups is 1. The van der Waals surface area contributed by atoms with Gasteiger partial charge in [-0.3, -0.25) is 9.69 Å². The Balaban J connectivity index is 1.56. The molecule has 9 heteroatoms. The number of benzene rings is 2. The molecule has 0 unspecified atom stereocenters. The van der Waals surface area contributed by atoms with E-state index in [0.717, 1.165) is 16.8 Å². The van der Waals surface area contributed by atoms with Gasteiger partial charge in [0.1, 0.15) is 15.8 Å². The first-order valence-electron chi connectivity index (χ1n) is 10.7. The van der Waals surface area contributed by atoms with Gasteiger partial charge >= 0.3 is 0 Å². The van der Waals surface area contributed by atoms with Gasteiger partial charge in [-0.2, -0.15) is 5.10 Å². The topological polar surface area (TPSA) is 69.7 Å². The van der Waals surface area contributed by atoms with Gasteiger partial charge in [0, 0.05) is 17.3 Å². The molecule has 0 saturated carbocycles. The molecule has 35 heavy (non-hydrogen) atoms. The minimum Gasteiger partial charge on any atom is -0.493 e. The van der Waals surface area contributed by atoms with Crippen LogP contribution in [-0.4, -0.2) is 39.1 Å². The number of methoxy groups -OCH3 is 2. The maximum atomic E-state index is 13.2. The molecule has 1 aliphatic rings. The Labute approximate surface area is 211 Å². The van der Waals surface area contributed by atoms with Crippen molar-refractivity contribution in [1.82, 2.24) is 14.7 Å². The van der Waals surface area contributed by atoms with Crippen LogP contribution in [0.3, 0.4) is 0 Å². The van der Waals surface area contributed by atoms with Crippen molar-refractivity contribution in [3.05, 3.63) is 89.4 Å². The molecule has 2 aromatic carbocycles. The third-order valence-corrected chi connectivity index (χ3v) is 6.85. The van der Waals surface area contributed by atoms with E-state index < -0.39 is 0 Å². The summed E-state index contributed by atoms with van der Waals surface area (Å²) in [5, 5.41) is 4.84. The number of thiocarbonyl (C=S) groups is 1. The molecule has 5 rings (SSSR count). The highest BCUT2D eigenvalue weighted by Crippen LogP contribution is 2.37. The van der Waals surface area contributed by atoms with E-state index in [9.17, 15) is 4.79 Å². The van der Waals surface area contributed by atoms with Crippen molar-refractivity contribution in [2.75, 3.05) is 14.2 Å². The fraction of sp³-hybridized carbons (Fsp3) is 0.115. The lowest BCUT2D eigenvalue weighted by molar-refractivity contribution is -0.122. The van der Waals surface area contributed by atoms with E-state index in [1.54, 1.807) is 36.1 Å². The molecule has 1 amide bonds. The Hall–Kier alpha value is -3.82. The molecule has 4 aromatic rings. The zero-order valence-electron chi connectivity index (χ0n) is 19.0. The number of rotatable bonds is 7. The third-order valence-electron chi connectivity index (χ3n) is 5.47. The number of nitrogens with zero attached hydrogens (tertiary/aromatic N) is 3. The van der Waals surface area contributed by atoms with Crippen molar-refractivity contribution < 1.29 is 18.7 Å². The van der Waals surface area contributed by atoms with E-state index in [2.05, 4.69) is 0 Å². The van der Waals surface area contributed by atoms with E-state index in [-0.39, 0.29) is 5.91 Å². The predicted octanol–water partition coefficient (Wildman–Crippen LogP) is 5.55. The first kappa shape index (κ1) is 22.9. The highest BCUT2D eigenvalue weighted by Gasteiger charge is 2.33. The SMILES string of the molecule is COc1ccc(-c2nn(-c3ccccc3)cc2C=C2SC(=S)N(Cc3ccco3)C2=O)cc1OC. The maximum absolute atomic E-state index is 13.2. The van der Waals surface area contributed by atoms with Crippen molar-refractivity contribution in [3.63, 3.8) is 0 Å². The molecule has 0 N–H and O–H groups in total. The van der Waals surface area contributed by atoms with Gasteiger partial charge in [-0.05, 0) is 48.5 Å². The molecule has 0 radical (unpaired) electrons. The third kappa shape index (κ3) is 4.60. The highest BCUT2D eigenvalue weighted by atomic mass is 32.2. The van der Waals surface area contributed by atoms with E-state index in [1.165, 1.54) is 11.8 Å². The van der Waals surface area contributed by atoms with E-state index in [1.807, 2.05) is 66.9 Å². The van der Waals surface area contributed by atoms with Gasteiger partial charge in [0.15, 0.2) is 11.5 Å². The molecule has 176 valence electrons. The van der Waals surface area contributed by atoms with Crippen LogP contribution in [0.1, 0.15) is 11.3 Å². The quantitative estimate of drug-likeness (QED) is 0.242. The van der Waals surface area contributed by atoms with Gasteiger partial charge in [-0.25, -0.2) is 4.68 Å². The molecule has 3 heterocycles. The van der Waals surface area contributed by atoms with Crippen LogP contribution in [0, 0.1) is 0 Å². The first-order chi connectivity index (χ1) is 17.1. The van der Waals surface area contributed by atoms with Gasteiger partial charge in [0.05, 0.1) is 37.6 Å². The van der Waals surface area contributed by atoms with Crippen molar-refractivity contribution in [2.24, 2.45) is 0 Å². The van der Waals surface area contributed by atoms with Gasteiger partial charge < -0.3 is 13.9 Å². The largest absolute Gasteiger partial charge is 0.493 e. The van der Waals surface area contributed by atoms with Gasteiger partial charge in [-0.15, -0.1) is 0 Å². The van der Waals surface area contributed by atoms with Crippen LogP contribution in [0.4, 0.5) is 0 Å². The minimum absolute atomic E-state index is 0.165. The molecule has 1 fully saturated rings. The maximum Gasteiger partial charge on any atom is 0.266 e. The fourth-order valence-corrected chi connectivity index (χ4v) is 5.00. The number of thioether (sulfide) groups is 1. The molecule has 0 spiro atoms. The van der Waals surface area contributed by atoms with Gasteiger partial charge in [0.2, 0.25) is 0 Å². The molecule has 1 aliphatic heterocycles. The van der Waals surface area contributed by atoms with Crippen LogP contribution in [0.5, 0.6) is 11.5 Å². The first-order valence-corrected chi connectivity index (χ1v) is 11.9. The standard InChI is InChI=1S/C26H21N3O4S2/c1-31-21-11-10-17(13-22(21)32-2)24-18(15-29(27-24)19-7-4-3-5-8-19)14-23-25(30)28(26(34)35-23)16-20-9-6-12-33-20/h3-15H,16H2,1-2H3. The molecule has 0 atom stereocenters. The van der Waals surface area contributed by atoms with Crippen LogP contribution in [0.2, 0.25) is 0 Å². The summed E-state index contributed by atoms with van der Waals surface area (Å²) in [5.74, 6) is 1.72.